The number of hydrogen-bond acceptors (Lipinski definition) is 3. The third-order valence-corrected chi connectivity index (χ3v) is 1.54. The molecule has 70 valence electrons. The molecule has 0 unspecified atom stereocenters. The molecule has 0 saturated heterocycles. The van der Waals surface area contributed by atoms with Gasteiger partial charge in [-0.1, -0.05) is 13.8 Å². The highest BCUT2D eigenvalue weighted by Crippen LogP contribution is 2.08. The summed E-state index contributed by atoms with van der Waals surface area (Å²) in [6.07, 6.45) is 1.75. The molecule has 0 aliphatic rings. The monoisotopic (exact) mass is 170 g/mol. The van der Waals surface area contributed by atoms with Gasteiger partial charge in [0.25, 0.3) is 0 Å². The number of nitrogens with zero attached hydrogens (tertiary/aromatic N) is 1. The van der Waals surface area contributed by atoms with Gasteiger partial charge in [-0.25, -0.2) is 0 Å². The van der Waals surface area contributed by atoms with Gasteiger partial charge in [0.2, 0.25) is 0 Å². The summed E-state index contributed by atoms with van der Waals surface area (Å²) in [5.41, 5.74) is 7.49. The molecule has 0 aromatic heterocycles. The molecule has 0 aliphatic heterocycles. The summed E-state index contributed by atoms with van der Waals surface area (Å²) >= 11 is 0. The molecule has 0 spiro atoms. The van der Waals surface area contributed by atoms with Crippen LogP contribution in [0.4, 0.5) is 0 Å². The van der Waals surface area contributed by atoms with Crippen LogP contribution >= 0.6 is 0 Å². The van der Waals surface area contributed by atoms with E-state index >= 15 is 0 Å². The summed E-state index contributed by atoms with van der Waals surface area (Å²) < 4.78 is 0. The standard InChI is InChI=1S/C9H18N2O/c1-7(2)9(8(3)10)6-11-4-5-12/h6-7,12H,4-5,10H2,1-3H3/b9-8+,11-6?. The van der Waals surface area contributed by atoms with Gasteiger partial charge in [-0.2, -0.15) is 0 Å². The molecule has 0 aromatic carbocycles. The normalized spacial score (nSPS) is 14.1. The summed E-state index contributed by atoms with van der Waals surface area (Å²) in [6.45, 7) is 6.53. The van der Waals surface area contributed by atoms with Crippen molar-refractivity contribution in [1.29, 1.82) is 0 Å². The Morgan fingerprint density at radius 2 is 2.17 bits per heavy atom. The van der Waals surface area contributed by atoms with Crippen LogP contribution < -0.4 is 5.73 Å². The average Bonchev–Trinajstić information content (AvgIpc) is 1.96. The summed E-state index contributed by atoms with van der Waals surface area (Å²) in [4.78, 5) is 4.02. The summed E-state index contributed by atoms with van der Waals surface area (Å²) in [5, 5.41) is 8.50. The van der Waals surface area contributed by atoms with E-state index in [1.54, 1.807) is 6.21 Å². The van der Waals surface area contributed by atoms with Gasteiger partial charge >= 0.3 is 0 Å². The van der Waals surface area contributed by atoms with E-state index in [1.807, 2.05) is 6.92 Å². The fourth-order valence-electron chi connectivity index (χ4n) is 0.927. The van der Waals surface area contributed by atoms with E-state index in [0.717, 1.165) is 11.3 Å². The summed E-state index contributed by atoms with van der Waals surface area (Å²) in [6, 6.07) is 0. The lowest BCUT2D eigenvalue weighted by Gasteiger charge is -2.07. The molecule has 3 N–H and O–H groups in total. The van der Waals surface area contributed by atoms with Crippen LogP contribution in [0.2, 0.25) is 0 Å². The molecule has 0 atom stereocenters. The minimum absolute atomic E-state index is 0.0888. The van der Waals surface area contributed by atoms with Crippen molar-refractivity contribution < 1.29 is 5.11 Å². The van der Waals surface area contributed by atoms with Crippen LogP contribution in [0.15, 0.2) is 16.3 Å². The highest BCUT2D eigenvalue weighted by molar-refractivity contribution is 5.79. The van der Waals surface area contributed by atoms with Crippen molar-refractivity contribution in [2.45, 2.75) is 20.8 Å². The van der Waals surface area contributed by atoms with E-state index in [0.29, 0.717) is 12.5 Å². The van der Waals surface area contributed by atoms with E-state index in [1.165, 1.54) is 0 Å². The van der Waals surface area contributed by atoms with E-state index in [2.05, 4.69) is 18.8 Å². The van der Waals surface area contributed by atoms with Gasteiger partial charge in [-0.15, -0.1) is 0 Å². The Morgan fingerprint density at radius 1 is 1.58 bits per heavy atom. The minimum atomic E-state index is 0.0888. The van der Waals surface area contributed by atoms with Crippen LogP contribution in [-0.4, -0.2) is 24.5 Å². The molecule has 3 nitrogen and oxygen atoms in total. The van der Waals surface area contributed by atoms with Crippen molar-refractivity contribution in [2.24, 2.45) is 16.6 Å². The summed E-state index contributed by atoms with van der Waals surface area (Å²) in [7, 11) is 0. The van der Waals surface area contributed by atoms with Crippen molar-refractivity contribution >= 4 is 6.21 Å². The Balaban J connectivity index is 4.26. The first-order valence-corrected chi connectivity index (χ1v) is 4.16. The number of aliphatic hydroxyl groups excluding tert-OH is 1. The van der Waals surface area contributed by atoms with E-state index < -0.39 is 0 Å². The molecular formula is C9H18N2O. The highest BCUT2D eigenvalue weighted by Gasteiger charge is 2.01. The SMILES string of the molecule is C/C(N)=C(/C=NCCO)C(C)C. The molecule has 0 amide bonds. The predicted molar refractivity (Wildman–Crippen MR) is 52.2 cm³/mol. The smallest absolute Gasteiger partial charge is 0.0626 e. The van der Waals surface area contributed by atoms with Gasteiger partial charge in [0.15, 0.2) is 0 Å². The second-order valence-electron chi connectivity index (χ2n) is 3.05. The number of aliphatic hydroxyl groups is 1. The Labute approximate surface area is 74.0 Å². The molecule has 0 rings (SSSR count). The van der Waals surface area contributed by atoms with Crippen LogP contribution in [0.25, 0.3) is 0 Å². The first-order chi connectivity index (χ1) is 5.59. The molecule has 0 aromatic rings. The van der Waals surface area contributed by atoms with Gasteiger partial charge in [-0.05, 0) is 18.4 Å². The Morgan fingerprint density at radius 3 is 2.50 bits per heavy atom. The van der Waals surface area contributed by atoms with E-state index in [9.17, 15) is 0 Å². The predicted octanol–water partition coefficient (Wildman–Crippen LogP) is 0.938. The van der Waals surface area contributed by atoms with Crippen molar-refractivity contribution in [1.82, 2.24) is 0 Å². The Bertz CT molecular complexity index is 179. The van der Waals surface area contributed by atoms with E-state index in [4.69, 9.17) is 10.8 Å². The zero-order valence-corrected chi connectivity index (χ0v) is 8.04. The fourth-order valence-corrected chi connectivity index (χ4v) is 0.927. The van der Waals surface area contributed by atoms with Crippen LogP contribution in [0.1, 0.15) is 20.8 Å². The lowest BCUT2D eigenvalue weighted by Crippen LogP contribution is -2.06. The van der Waals surface area contributed by atoms with E-state index in [-0.39, 0.29) is 6.61 Å². The molecule has 0 heterocycles. The third kappa shape index (κ3) is 4.13. The molecule has 0 bridgehead atoms. The molecule has 0 aliphatic carbocycles. The minimum Gasteiger partial charge on any atom is -0.402 e. The third-order valence-electron chi connectivity index (χ3n) is 1.54. The Kier molecular flexibility index (Phi) is 5.37. The molecule has 12 heavy (non-hydrogen) atoms. The quantitative estimate of drug-likeness (QED) is 0.617. The largest absolute Gasteiger partial charge is 0.402 e. The van der Waals surface area contributed by atoms with Crippen LogP contribution in [0.5, 0.6) is 0 Å². The van der Waals surface area contributed by atoms with Gasteiger partial charge < -0.3 is 10.8 Å². The Hall–Kier alpha value is -0.830. The maximum atomic E-state index is 8.50. The van der Waals surface area contributed by atoms with Crippen molar-refractivity contribution in [2.75, 3.05) is 13.2 Å². The summed E-state index contributed by atoms with van der Waals surface area (Å²) in [5.74, 6) is 0.387. The highest BCUT2D eigenvalue weighted by atomic mass is 16.3. The second-order valence-corrected chi connectivity index (χ2v) is 3.05. The maximum absolute atomic E-state index is 8.50. The van der Waals surface area contributed by atoms with Crippen molar-refractivity contribution in [3.05, 3.63) is 11.3 Å². The maximum Gasteiger partial charge on any atom is 0.0626 e. The number of rotatable bonds is 4. The zero-order chi connectivity index (χ0) is 9.56. The van der Waals surface area contributed by atoms with Gasteiger partial charge in [0.1, 0.15) is 0 Å². The average molecular weight is 170 g/mol. The number of aliphatic imine (C=N–C) groups is 1. The van der Waals surface area contributed by atoms with Gasteiger partial charge in [0.05, 0.1) is 13.2 Å². The zero-order valence-electron chi connectivity index (χ0n) is 8.04. The van der Waals surface area contributed by atoms with Gasteiger partial charge in [0, 0.05) is 11.9 Å². The number of allylic oxidation sites excluding steroid dienone is 2. The second kappa shape index (κ2) is 5.77. The lowest BCUT2D eigenvalue weighted by atomic mass is 10.0. The molecule has 3 heteroatoms. The number of hydrogen-bond donors (Lipinski definition) is 2. The molecule has 0 radical (unpaired) electrons. The van der Waals surface area contributed by atoms with Crippen LogP contribution in [0.3, 0.4) is 0 Å². The first-order valence-electron chi connectivity index (χ1n) is 4.16. The van der Waals surface area contributed by atoms with Crippen LogP contribution in [0, 0.1) is 5.92 Å². The molecule has 0 fully saturated rings. The molecular weight excluding hydrogens is 152 g/mol. The number of nitrogens with two attached hydrogens (primary N) is 1. The molecule has 0 saturated carbocycles. The van der Waals surface area contributed by atoms with Crippen LogP contribution in [-0.2, 0) is 0 Å². The van der Waals surface area contributed by atoms with Gasteiger partial charge in [-0.3, -0.25) is 4.99 Å². The fraction of sp³-hybridized carbons (Fsp3) is 0.667. The first kappa shape index (κ1) is 11.2. The van der Waals surface area contributed by atoms with Crippen molar-refractivity contribution in [3.63, 3.8) is 0 Å². The topological polar surface area (TPSA) is 58.6 Å². The van der Waals surface area contributed by atoms with Crippen molar-refractivity contribution in [3.8, 4) is 0 Å². The lowest BCUT2D eigenvalue weighted by molar-refractivity contribution is 0.307.